The maximum atomic E-state index is 12.2. The number of amides is 2. The van der Waals surface area contributed by atoms with Crippen molar-refractivity contribution in [2.45, 2.75) is 63.6 Å². The molecule has 2 amide bonds. The molecular formula is C13H23N3O2. The van der Waals surface area contributed by atoms with E-state index in [0.717, 1.165) is 25.7 Å². The van der Waals surface area contributed by atoms with Gasteiger partial charge >= 0.3 is 0 Å². The molecule has 2 fully saturated rings. The first kappa shape index (κ1) is 13.3. The highest BCUT2D eigenvalue weighted by Gasteiger charge is 2.35. The number of nitrogens with two attached hydrogens (primary N) is 1. The zero-order valence-corrected chi connectivity index (χ0v) is 11.0. The molecule has 1 heterocycles. The Labute approximate surface area is 108 Å². The van der Waals surface area contributed by atoms with Gasteiger partial charge in [0, 0.05) is 12.6 Å². The Balaban J connectivity index is 1.93. The van der Waals surface area contributed by atoms with Crippen LogP contribution in [0.5, 0.6) is 0 Å². The first-order valence-electron chi connectivity index (χ1n) is 6.96. The molecule has 2 unspecified atom stereocenters. The Hall–Kier alpha value is -1.10. The Kier molecular flexibility index (Phi) is 4.22. The predicted octanol–water partition coefficient (Wildman–Crippen LogP) is 0.383. The zero-order chi connectivity index (χ0) is 13.1. The van der Waals surface area contributed by atoms with Gasteiger partial charge in [-0.1, -0.05) is 12.8 Å². The maximum absolute atomic E-state index is 12.2. The SMILES string of the molecule is CC(N)C(=O)N1CCCC1C(=O)NC1CCCC1. The van der Waals surface area contributed by atoms with Gasteiger partial charge in [0.05, 0.1) is 6.04 Å². The van der Waals surface area contributed by atoms with Gasteiger partial charge in [0.15, 0.2) is 0 Å². The highest BCUT2D eigenvalue weighted by Crippen LogP contribution is 2.21. The van der Waals surface area contributed by atoms with E-state index >= 15 is 0 Å². The number of rotatable bonds is 3. The normalized spacial score (nSPS) is 26.3. The van der Waals surface area contributed by atoms with Gasteiger partial charge in [-0.25, -0.2) is 0 Å². The highest BCUT2D eigenvalue weighted by atomic mass is 16.2. The summed E-state index contributed by atoms with van der Waals surface area (Å²) in [6, 6.07) is -0.515. The molecule has 102 valence electrons. The van der Waals surface area contributed by atoms with Crippen molar-refractivity contribution in [3.63, 3.8) is 0 Å². The summed E-state index contributed by atoms with van der Waals surface area (Å²) >= 11 is 0. The number of carbonyl (C=O) groups excluding carboxylic acids is 2. The van der Waals surface area contributed by atoms with Gasteiger partial charge in [-0.2, -0.15) is 0 Å². The topological polar surface area (TPSA) is 75.4 Å². The van der Waals surface area contributed by atoms with Crippen molar-refractivity contribution in [3.8, 4) is 0 Å². The van der Waals surface area contributed by atoms with Crippen LogP contribution in [-0.2, 0) is 9.59 Å². The van der Waals surface area contributed by atoms with Crippen LogP contribution in [0.3, 0.4) is 0 Å². The largest absolute Gasteiger partial charge is 0.352 e. The third-order valence-electron chi connectivity index (χ3n) is 3.93. The molecular weight excluding hydrogens is 230 g/mol. The van der Waals surface area contributed by atoms with E-state index in [1.807, 2.05) is 0 Å². The summed E-state index contributed by atoms with van der Waals surface area (Å²) < 4.78 is 0. The predicted molar refractivity (Wildman–Crippen MR) is 68.8 cm³/mol. The van der Waals surface area contributed by atoms with Crippen LogP contribution in [0.1, 0.15) is 45.4 Å². The van der Waals surface area contributed by atoms with Crippen molar-refractivity contribution in [3.05, 3.63) is 0 Å². The smallest absolute Gasteiger partial charge is 0.243 e. The molecule has 0 aromatic rings. The lowest BCUT2D eigenvalue weighted by atomic mass is 10.1. The first-order chi connectivity index (χ1) is 8.59. The summed E-state index contributed by atoms with van der Waals surface area (Å²) in [7, 11) is 0. The Morgan fingerprint density at radius 2 is 1.89 bits per heavy atom. The summed E-state index contributed by atoms with van der Waals surface area (Å²) in [4.78, 5) is 25.8. The van der Waals surface area contributed by atoms with Gasteiger partial charge in [0.1, 0.15) is 6.04 Å². The number of hydrogen-bond acceptors (Lipinski definition) is 3. The van der Waals surface area contributed by atoms with Crippen LogP contribution < -0.4 is 11.1 Å². The van der Waals surface area contributed by atoms with Gasteiger partial charge in [-0.05, 0) is 32.6 Å². The van der Waals surface area contributed by atoms with E-state index in [-0.39, 0.29) is 17.9 Å². The minimum Gasteiger partial charge on any atom is -0.352 e. The lowest BCUT2D eigenvalue weighted by Gasteiger charge is -2.26. The molecule has 1 saturated heterocycles. The summed E-state index contributed by atoms with van der Waals surface area (Å²) in [5.74, 6) is -0.104. The summed E-state index contributed by atoms with van der Waals surface area (Å²) in [6.07, 6.45) is 6.17. The molecule has 2 aliphatic rings. The Morgan fingerprint density at radius 1 is 1.22 bits per heavy atom. The Morgan fingerprint density at radius 3 is 2.50 bits per heavy atom. The Bertz CT molecular complexity index is 324. The van der Waals surface area contributed by atoms with E-state index in [1.165, 1.54) is 12.8 Å². The van der Waals surface area contributed by atoms with Crippen molar-refractivity contribution in [2.24, 2.45) is 5.73 Å². The van der Waals surface area contributed by atoms with Crippen LogP contribution in [-0.4, -0.2) is 41.4 Å². The molecule has 18 heavy (non-hydrogen) atoms. The average Bonchev–Trinajstić information content (AvgIpc) is 2.97. The number of carbonyl (C=O) groups is 2. The fourth-order valence-corrected chi connectivity index (χ4v) is 2.93. The van der Waals surface area contributed by atoms with Crippen LogP contribution in [0.4, 0.5) is 0 Å². The average molecular weight is 253 g/mol. The quantitative estimate of drug-likeness (QED) is 0.763. The van der Waals surface area contributed by atoms with Crippen LogP contribution in [0, 0.1) is 0 Å². The second kappa shape index (κ2) is 5.69. The van der Waals surface area contributed by atoms with Crippen molar-refractivity contribution >= 4 is 11.8 Å². The molecule has 2 atom stereocenters. The molecule has 0 aromatic heterocycles. The minimum absolute atomic E-state index is 0.00778. The molecule has 0 aromatic carbocycles. The van der Waals surface area contributed by atoms with Gasteiger partial charge < -0.3 is 16.0 Å². The summed E-state index contributed by atoms with van der Waals surface area (Å²) in [5.41, 5.74) is 5.62. The minimum atomic E-state index is -0.523. The molecule has 2 rings (SSSR count). The van der Waals surface area contributed by atoms with E-state index in [4.69, 9.17) is 5.73 Å². The van der Waals surface area contributed by atoms with E-state index in [9.17, 15) is 9.59 Å². The molecule has 3 N–H and O–H groups in total. The molecule has 5 nitrogen and oxygen atoms in total. The van der Waals surface area contributed by atoms with Gasteiger partial charge in [0.25, 0.3) is 0 Å². The van der Waals surface area contributed by atoms with Gasteiger partial charge in [-0.15, -0.1) is 0 Å². The van der Waals surface area contributed by atoms with Crippen LogP contribution in [0.25, 0.3) is 0 Å². The third kappa shape index (κ3) is 2.83. The van der Waals surface area contributed by atoms with Crippen LogP contribution in [0.15, 0.2) is 0 Å². The molecule has 0 bridgehead atoms. The zero-order valence-electron chi connectivity index (χ0n) is 11.0. The molecule has 1 saturated carbocycles. The monoisotopic (exact) mass is 253 g/mol. The highest BCUT2D eigenvalue weighted by molar-refractivity contribution is 5.90. The van der Waals surface area contributed by atoms with E-state index in [0.29, 0.717) is 12.6 Å². The molecule has 5 heteroatoms. The van der Waals surface area contributed by atoms with Crippen molar-refractivity contribution in [1.82, 2.24) is 10.2 Å². The number of nitrogens with zero attached hydrogens (tertiary/aromatic N) is 1. The standard InChI is InChI=1S/C13H23N3O2/c1-9(14)13(18)16-8-4-7-11(16)12(17)15-10-5-2-3-6-10/h9-11H,2-8,14H2,1H3,(H,15,17). The molecule has 1 aliphatic carbocycles. The lowest BCUT2D eigenvalue weighted by molar-refractivity contribution is -0.139. The number of nitrogens with one attached hydrogen (secondary N) is 1. The molecule has 0 radical (unpaired) electrons. The van der Waals surface area contributed by atoms with E-state index < -0.39 is 6.04 Å². The van der Waals surface area contributed by atoms with Gasteiger partial charge in [-0.3, -0.25) is 9.59 Å². The van der Waals surface area contributed by atoms with E-state index in [1.54, 1.807) is 11.8 Å². The number of likely N-dealkylation sites (tertiary alicyclic amines) is 1. The lowest BCUT2D eigenvalue weighted by Crippen LogP contribution is -2.51. The van der Waals surface area contributed by atoms with Crippen molar-refractivity contribution in [2.75, 3.05) is 6.54 Å². The third-order valence-corrected chi connectivity index (χ3v) is 3.93. The first-order valence-corrected chi connectivity index (χ1v) is 6.96. The van der Waals surface area contributed by atoms with Crippen LogP contribution in [0.2, 0.25) is 0 Å². The van der Waals surface area contributed by atoms with Gasteiger partial charge in [0.2, 0.25) is 11.8 Å². The summed E-state index contributed by atoms with van der Waals surface area (Å²) in [5, 5.41) is 3.07. The van der Waals surface area contributed by atoms with E-state index in [2.05, 4.69) is 5.32 Å². The maximum Gasteiger partial charge on any atom is 0.243 e. The second-order valence-electron chi connectivity index (χ2n) is 5.47. The molecule has 1 aliphatic heterocycles. The molecule has 0 spiro atoms. The second-order valence-corrected chi connectivity index (χ2v) is 5.47. The fourth-order valence-electron chi connectivity index (χ4n) is 2.93. The van der Waals surface area contributed by atoms with Crippen LogP contribution >= 0.6 is 0 Å². The fraction of sp³-hybridized carbons (Fsp3) is 0.846. The summed E-state index contributed by atoms with van der Waals surface area (Å²) in [6.45, 7) is 2.33. The number of hydrogen-bond donors (Lipinski definition) is 2. The van der Waals surface area contributed by atoms with Crippen molar-refractivity contribution in [1.29, 1.82) is 0 Å². The van der Waals surface area contributed by atoms with Crippen molar-refractivity contribution < 1.29 is 9.59 Å².